The highest BCUT2D eigenvalue weighted by atomic mass is 32.5. The number of rotatable bonds is 6. The van der Waals surface area contributed by atoms with Crippen molar-refractivity contribution in [2.24, 2.45) is 0 Å². The summed E-state index contributed by atoms with van der Waals surface area (Å²) < 4.78 is 488. The standard InChI is InChI=1S/C22H7F9N4O4S2.C22H7F9N4S2.C20H7F13N4S2/c1-8-10(19(34-2)35-3)4-12-14(8)17(40(36,37)21(26,27)28)13-5-11(9(6-32)7-33)16(20(23,24)25)15(13)18(12)41(38,39)22(29,30)31;1-8-10(19(34-2)35-3)4-12-14(8)17(36-21(26,27)28)13-5-11(9(6-32)7-33)16(20(23,24)25)15(13)18(12)37-22(29,30)31;1-8-10(19(36-2)37-3)4-12-14(8)17(38(24,25,26,27)28)13-5-11(9(6-34)7-35)16(20(21,22)23)15(13)18(12)39(29,30,31,32)33/h4-5H2,1H3;4-5H2,1H3;4-5H2,1H3. The summed E-state index contributed by atoms with van der Waals surface area (Å²) in [6.07, 6.45) is -26.5. The zero-order valence-electron chi connectivity index (χ0n) is 55.9. The molecule has 6 aliphatic rings. The average molecular weight is 1800 g/mol. The molecule has 0 aromatic heterocycles. The van der Waals surface area contributed by atoms with E-state index in [2.05, 4.69) is 29.1 Å². The Morgan fingerprint density at radius 1 is 0.333 bits per heavy atom. The van der Waals surface area contributed by atoms with Crippen molar-refractivity contribution in [3.63, 3.8) is 0 Å². The molecule has 9 rings (SSSR count). The van der Waals surface area contributed by atoms with Crippen LogP contribution in [0, 0.1) is 107 Å². The van der Waals surface area contributed by atoms with Gasteiger partial charge in [0.15, 0.2) is 0 Å². The summed E-state index contributed by atoms with van der Waals surface area (Å²) >= 11 is -1.82. The van der Waals surface area contributed by atoms with Crippen molar-refractivity contribution in [3.05, 3.63) is 201 Å². The minimum atomic E-state index is -11.6. The number of benzene rings is 3. The van der Waals surface area contributed by atoms with Crippen LogP contribution in [0.3, 0.4) is 0 Å². The number of nitriles is 6. The first kappa shape index (κ1) is 92.5. The number of nitrogens with zero attached hydrogens (tertiary/aromatic N) is 12. The summed E-state index contributed by atoms with van der Waals surface area (Å²) in [5.41, 5.74) is -52.6. The average Bonchev–Trinajstić information content (AvgIpc) is 1.37. The van der Waals surface area contributed by atoms with Crippen LogP contribution >= 0.6 is 44.0 Å². The van der Waals surface area contributed by atoms with E-state index in [1.807, 2.05) is 0 Å². The molecule has 0 N–H and O–H groups in total. The summed E-state index contributed by atoms with van der Waals surface area (Å²) in [5, 5.41) is 44.2. The molecule has 0 heterocycles. The molecular formula is C64H21F31N12O4S6. The maximum Gasteiger partial charge on any atom is 0.523 e. The van der Waals surface area contributed by atoms with Gasteiger partial charge in [-0.1, -0.05) is 38.9 Å². The van der Waals surface area contributed by atoms with Crippen LogP contribution in [-0.4, -0.2) is 57.4 Å². The van der Waals surface area contributed by atoms with Crippen molar-refractivity contribution < 1.29 is 148 Å². The lowest BCUT2D eigenvalue weighted by molar-refractivity contribution is -0.0705. The Bertz CT molecular complexity index is 6570. The van der Waals surface area contributed by atoms with Crippen molar-refractivity contribution >= 4 is 97.1 Å². The van der Waals surface area contributed by atoms with E-state index in [1.165, 1.54) is 19.1 Å². The lowest BCUT2D eigenvalue weighted by atomic mass is 10.0. The summed E-state index contributed by atoms with van der Waals surface area (Å²) in [7, 11) is -36.7. The van der Waals surface area contributed by atoms with Gasteiger partial charge in [-0.15, -0.1) is 0 Å². The third-order valence-corrected chi connectivity index (χ3v) is 24.7. The van der Waals surface area contributed by atoms with E-state index in [4.69, 9.17) is 60.5 Å². The molecule has 0 spiro atoms. The summed E-state index contributed by atoms with van der Waals surface area (Å²) in [6, 6.07) is 6.01. The molecule has 0 unspecified atom stereocenters. The molecule has 3 aromatic rings. The second kappa shape index (κ2) is 27.8. The van der Waals surface area contributed by atoms with Crippen molar-refractivity contribution in [2.75, 3.05) is 0 Å². The zero-order valence-corrected chi connectivity index (χ0v) is 60.8. The van der Waals surface area contributed by atoms with E-state index in [0.717, 1.165) is 31.2 Å². The first-order valence-corrected chi connectivity index (χ1v) is 37.7. The summed E-state index contributed by atoms with van der Waals surface area (Å²) in [6.45, 7) is 44.5. The minimum absolute atomic E-state index is 0.151. The second-order valence-electron chi connectivity index (χ2n) is 23.9. The van der Waals surface area contributed by atoms with Crippen LogP contribution in [-0.2, 0) is 58.2 Å². The van der Waals surface area contributed by atoms with Crippen LogP contribution in [0.4, 0.5) is 131 Å². The molecule has 614 valence electrons. The van der Waals surface area contributed by atoms with Gasteiger partial charge in [0.25, 0.3) is 19.7 Å². The number of allylic oxidation sites excluding steroid dienone is 9. The Balaban J connectivity index is 0.000000243. The van der Waals surface area contributed by atoms with Crippen LogP contribution in [0.2, 0.25) is 0 Å². The monoisotopic (exact) mass is 1800 g/mol. The number of alkyl halides is 21. The Hall–Kier alpha value is -11.7. The first-order valence-electron chi connectivity index (χ1n) is 29.2. The van der Waals surface area contributed by atoms with Crippen molar-refractivity contribution in [1.82, 2.24) is 0 Å². The molecule has 0 fully saturated rings. The largest absolute Gasteiger partial charge is 0.523 e. The smallest absolute Gasteiger partial charge is 0.214 e. The van der Waals surface area contributed by atoms with E-state index < -0.39 is 327 Å². The van der Waals surface area contributed by atoms with E-state index in [-0.39, 0.29) is 11.1 Å². The van der Waals surface area contributed by atoms with Gasteiger partial charge in [0, 0.05) is 55.1 Å². The quantitative estimate of drug-likeness (QED) is 0.0969. The van der Waals surface area contributed by atoms with Crippen LogP contribution in [0.25, 0.3) is 62.5 Å². The molecule has 0 saturated carbocycles. The van der Waals surface area contributed by atoms with Crippen LogP contribution in [0.15, 0.2) is 97.0 Å². The fourth-order valence-corrected chi connectivity index (χ4v) is 20.3. The predicted octanol–water partition coefficient (Wildman–Crippen LogP) is 18.4. The maximum absolute atomic E-state index is 14.4. The van der Waals surface area contributed by atoms with Gasteiger partial charge >= 0.3 is 78.5 Å². The van der Waals surface area contributed by atoms with Gasteiger partial charge in [0.2, 0.25) is 0 Å². The van der Waals surface area contributed by atoms with Crippen molar-refractivity contribution in [3.8, 4) is 36.4 Å². The topological polar surface area (TPSA) is 237 Å². The first-order chi connectivity index (χ1) is 52.5. The van der Waals surface area contributed by atoms with Gasteiger partial charge in [-0.05, 0) is 136 Å². The Morgan fingerprint density at radius 3 is 0.872 bits per heavy atom. The van der Waals surface area contributed by atoms with Crippen molar-refractivity contribution in [2.45, 2.75) is 129 Å². The van der Waals surface area contributed by atoms with Crippen LogP contribution in [0.5, 0.6) is 0 Å². The number of fused-ring (bicyclic) bond motifs is 6. The van der Waals surface area contributed by atoms with E-state index in [9.17, 15) is 158 Å². The van der Waals surface area contributed by atoms with Gasteiger partial charge in [-0.25, -0.2) is 16.8 Å². The summed E-state index contributed by atoms with van der Waals surface area (Å²) in [4.78, 5) is 3.32. The SMILES string of the molecule is [C-]#[N+]C([N+]#[C-])=C1Cc2c(S(=O)(=O)C(F)(F)F)c3c(c(S(=O)(=O)C(F)(F)F)c2=C1C)CC(=C(C#N)C#N)C=3C(F)(F)F.[C-]#[N+]C([N+]#[C-])=C1Cc2c(S(F)(F)(F)(F)F)c3c(c(S(F)(F)(F)(F)F)c2=C1C)CC(=C(C#N)C#N)C=3C(F)(F)F.[C-]#[N+]C([N+]#[C-])=C1Cc2c(SC(F)(F)F)c3c(c(SC(F)(F)F)c2=C1C)CC(=C(C#N)C#N)C=3C(F)(F)F. The molecule has 0 atom stereocenters. The molecule has 0 saturated heterocycles. The van der Waals surface area contributed by atoms with Crippen LogP contribution < -0.4 is 31.3 Å². The van der Waals surface area contributed by atoms with E-state index in [0.29, 0.717) is 6.92 Å². The number of hydrogen-bond donors (Lipinski definition) is 0. The third kappa shape index (κ3) is 16.4. The lowest BCUT2D eigenvalue weighted by Crippen LogP contribution is -2.39. The molecule has 3 aromatic carbocycles. The predicted molar refractivity (Wildman–Crippen MR) is 343 cm³/mol. The Kier molecular flexibility index (Phi) is 21.9. The second-order valence-corrected chi connectivity index (χ2v) is 34.5. The van der Waals surface area contributed by atoms with E-state index in [1.54, 1.807) is 0 Å². The molecule has 0 amide bonds. The highest BCUT2D eigenvalue weighted by molar-refractivity contribution is 8.46. The fourth-order valence-electron chi connectivity index (χ4n) is 13.4. The zero-order chi connectivity index (χ0) is 90.2. The normalized spacial score (nSPS) is 16.4. The number of thioether (sulfide) groups is 2. The third-order valence-electron chi connectivity index (χ3n) is 17.3. The number of hydrogen-bond acceptors (Lipinski definition) is 12. The Labute approximate surface area is 640 Å². The molecule has 0 aliphatic heterocycles. The number of sulfone groups is 2. The molecule has 53 heteroatoms. The molecule has 0 radical (unpaired) electrons. The van der Waals surface area contributed by atoms with Gasteiger partial charge in [0.1, 0.15) is 102 Å². The van der Waals surface area contributed by atoms with Gasteiger partial charge in [0.05, 0.1) is 43.2 Å². The highest BCUT2D eigenvalue weighted by Crippen LogP contribution is 3.04. The maximum atomic E-state index is 14.4. The molecule has 6 aliphatic carbocycles. The molecule has 16 nitrogen and oxygen atoms in total. The van der Waals surface area contributed by atoms with Gasteiger partial charge < -0.3 is 0 Å². The molecule has 117 heavy (non-hydrogen) atoms. The van der Waals surface area contributed by atoms with Gasteiger partial charge in [-0.2, -0.15) is 153 Å². The van der Waals surface area contributed by atoms with Crippen LogP contribution in [0.1, 0.15) is 54.2 Å². The number of halogens is 31. The highest BCUT2D eigenvalue weighted by Gasteiger charge is 2.73. The van der Waals surface area contributed by atoms with Gasteiger partial charge in [-0.3, -0.25) is 0 Å². The molecular weight excluding hydrogens is 1780 g/mol. The fraction of sp³-hybridized carbons (Fsp3) is 0.250. The summed E-state index contributed by atoms with van der Waals surface area (Å²) in [5.74, 6) is -2.96. The van der Waals surface area contributed by atoms with E-state index >= 15 is 0 Å². The lowest BCUT2D eigenvalue weighted by Gasteiger charge is -2.45. The minimum Gasteiger partial charge on any atom is -0.214 e. The Morgan fingerprint density at radius 2 is 0.564 bits per heavy atom. The molecule has 0 bridgehead atoms. The van der Waals surface area contributed by atoms with Crippen molar-refractivity contribution in [1.29, 1.82) is 31.6 Å².